The van der Waals surface area contributed by atoms with Crippen LogP contribution < -0.4 is 0 Å². The van der Waals surface area contributed by atoms with Gasteiger partial charge in [0.25, 0.3) is 5.91 Å². The summed E-state index contributed by atoms with van der Waals surface area (Å²) in [5.41, 5.74) is 0.343. The van der Waals surface area contributed by atoms with Crippen LogP contribution in [0, 0.1) is 0 Å². The van der Waals surface area contributed by atoms with E-state index < -0.39 is 12.1 Å². The highest BCUT2D eigenvalue weighted by molar-refractivity contribution is 6.42. The Morgan fingerprint density at radius 1 is 1.33 bits per heavy atom. The van der Waals surface area contributed by atoms with Crippen molar-refractivity contribution in [2.75, 3.05) is 20.2 Å². The number of ether oxygens (including phenoxy) is 1. The lowest BCUT2D eigenvalue weighted by Gasteiger charge is -2.24. The van der Waals surface area contributed by atoms with Crippen LogP contribution in [0.3, 0.4) is 0 Å². The first-order valence-corrected chi connectivity index (χ1v) is 7.10. The molecule has 5 nitrogen and oxygen atoms in total. The molecular weight excluding hydrogens is 317 g/mol. The van der Waals surface area contributed by atoms with Crippen LogP contribution in [-0.4, -0.2) is 48.2 Å². The predicted octanol–water partition coefficient (Wildman–Crippen LogP) is 2.38. The van der Waals surface area contributed by atoms with Crippen molar-refractivity contribution in [2.24, 2.45) is 0 Å². The van der Waals surface area contributed by atoms with Crippen molar-refractivity contribution in [3.63, 3.8) is 0 Å². The smallest absolute Gasteiger partial charge is 0.307 e. The molecule has 1 unspecified atom stereocenters. The van der Waals surface area contributed by atoms with E-state index in [9.17, 15) is 14.7 Å². The number of rotatable bonds is 6. The van der Waals surface area contributed by atoms with Crippen LogP contribution in [0.2, 0.25) is 10.0 Å². The molecule has 1 aromatic carbocycles. The Kier molecular flexibility index (Phi) is 6.95. The minimum absolute atomic E-state index is 0.0519. The van der Waals surface area contributed by atoms with Crippen LogP contribution >= 0.6 is 23.2 Å². The molecule has 0 aliphatic carbocycles. The standard InChI is InChI=1S/C14H17Cl2NO4/c1-9(18)8-17(6-5-13(19)21-2)14(20)10-3-4-11(15)12(16)7-10/h3-4,7,9,18H,5-6,8H2,1-2H3. The summed E-state index contributed by atoms with van der Waals surface area (Å²) < 4.78 is 4.55. The Bertz CT molecular complexity index is 520. The Balaban J connectivity index is 2.87. The molecule has 1 rings (SSSR count). The first-order chi connectivity index (χ1) is 9.85. The number of carbonyl (C=O) groups is 2. The molecular formula is C14H17Cl2NO4. The second-order valence-corrected chi connectivity index (χ2v) is 5.37. The van der Waals surface area contributed by atoms with E-state index in [4.69, 9.17) is 23.2 Å². The third-order valence-corrected chi connectivity index (χ3v) is 3.49. The molecule has 0 heterocycles. The molecule has 1 atom stereocenters. The van der Waals surface area contributed by atoms with E-state index in [2.05, 4.69) is 4.74 Å². The zero-order valence-corrected chi connectivity index (χ0v) is 13.3. The molecule has 0 bridgehead atoms. The van der Waals surface area contributed by atoms with E-state index in [1.54, 1.807) is 13.0 Å². The van der Waals surface area contributed by atoms with Crippen molar-refractivity contribution in [1.29, 1.82) is 0 Å². The van der Waals surface area contributed by atoms with E-state index in [-0.39, 0.29) is 30.4 Å². The van der Waals surface area contributed by atoms with Gasteiger partial charge >= 0.3 is 5.97 Å². The summed E-state index contributed by atoms with van der Waals surface area (Å²) in [4.78, 5) is 25.0. The van der Waals surface area contributed by atoms with Crippen molar-refractivity contribution in [3.05, 3.63) is 33.8 Å². The van der Waals surface area contributed by atoms with Gasteiger partial charge in [0.1, 0.15) is 0 Å². The maximum Gasteiger partial charge on any atom is 0.307 e. The van der Waals surface area contributed by atoms with Gasteiger partial charge in [-0.15, -0.1) is 0 Å². The van der Waals surface area contributed by atoms with E-state index in [1.165, 1.54) is 24.1 Å². The third-order valence-electron chi connectivity index (χ3n) is 2.75. The van der Waals surface area contributed by atoms with Gasteiger partial charge in [0.05, 0.1) is 29.7 Å². The predicted molar refractivity (Wildman–Crippen MR) is 80.7 cm³/mol. The molecule has 7 heteroatoms. The molecule has 0 spiro atoms. The summed E-state index contributed by atoms with van der Waals surface area (Å²) in [6.45, 7) is 1.82. The topological polar surface area (TPSA) is 66.8 Å². The number of aliphatic hydroxyl groups is 1. The van der Waals surface area contributed by atoms with Crippen LogP contribution in [0.25, 0.3) is 0 Å². The maximum absolute atomic E-state index is 12.4. The van der Waals surface area contributed by atoms with Gasteiger partial charge in [-0.05, 0) is 25.1 Å². The quantitative estimate of drug-likeness (QED) is 0.811. The van der Waals surface area contributed by atoms with Crippen molar-refractivity contribution < 1.29 is 19.4 Å². The van der Waals surface area contributed by atoms with Crippen molar-refractivity contribution >= 4 is 35.1 Å². The van der Waals surface area contributed by atoms with Crippen LogP contribution in [-0.2, 0) is 9.53 Å². The lowest BCUT2D eigenvalue weighted by atomic mass is 10.2. The number of nitrogens with zero attached hydrogens (tertiary/aromatic N) is 1. The largest absolute Gasteiger partial charge is 0.469 e. The van der Waals surface area contributed by atoms with Crippen LogP contribution in [0.4, 0.5) is 0 Å². The van der Waals surface area contributed by atoms with Crippen molar-refractivity contribution in [1.82, 2.24) is 4.90 Å². The number of aliphatic hydroxyl groups excluding tert-OH is 1. The number of carbonyl (C=O) groups excluding carboxylic acids is 2. The van der Waals surface area contributed by atoms with Gasteiger partial charge in [-0.3, -0.25) is 9.59 Å². The second kappa shape index (κ2) is 8.22. The lowest BCUT2D eigenvalue weighted by molar-refractivity contribution is -0.140. The summed E-state index contributed by atoms with van der Waals surface area (Å²) in [5.74, 6) is -0.758. The van der Waals surface area contributed by atoms with E-state index in [0.29, 0.717) is 10.6 Å². The monoisotopic (exact) mass is 333 g/mol. The number of methoxy groups -OCH3 is 1. The van der Waals surface area contributed by atoms with Crippen LogP contribution in [0.5, 0.6) is 0 Å². The van der Waals surface area contributed by atoms with Gasteiger partial charge in [-0.2, -0.15) is 0 Å². The average molecular weight is 334 g/mol. The molecule has 0 aromatic heterocycles. The van der Waals surface area contributed by atoms with E-state index in [1.807, 2.05) is 0 Å². The Morgan fingerprint density at radius 3 is 2.52 bits per heavy atom. The van der Waals surface area contributed by atoms with Gasteiger partial charge in [0, 0.05) is 18.7 Å². The molecule has 0 saturated heterocycles. The highest BCUT2D eigenvalue weighted by Crippen LogP contribution is 2.23. The molecule has 1 aromatic rings. The summed E-state index contributed by atoms with van der Waals surface area (Å²) in [7, 11) is 1.28. The molecule has 0 radical (unpaired) electrons. The van der Waals surface area contributed by atoms with Gasteiger partial charge in [0.15, 0.2) is 0 Å². The Hall–Kier alpha value is -1.30. The third kappa shape index (κ3) is 5.53. The second-order valence-electron chi connectivity index (χ2n) is 4.56. The van der Waals surface area contributed by atoms with Gasteiger partial charge < -0.3 is 14.7 Å². The summed E-state index contributed by atoms with van der Waals surface area (Å²) >= 11 is 11.7. The fourth-order valence-corrected chi connectivity index (χ4v) is 2.03. The number of hydrogen-bond donors (Lipinski definition) is 1. The SMILES string of the molecule is COC(=O)CCN(CC(C)O)C(=O)c1ccc(Cl)c(Cl)c1. The van der Waals surface area contributed by atoms with E-state index in [0.717, 1.165) is 0 Å². The summed E-state index contributed by atoms with van der Waals surface area (Å²) in [6.07, 6.45) is -0.662. The zero-order chi connectivity index (χ0) is 16.0. The van der Waals surface area contributed by atoms with Crippen molar-refractivity contribution in [3.8, 4) is 0 Å². The fraction of sp³-hybridized carbons (Fsp3) is 0.429. The minimum Gasteiger partial charge on any atom is -0.469 e. The zero-order valence-electron chi connectivity index (χ0n) is 11.8. The fourth-order valence-electron chi connectivity index (χ4n) is 1.73. The number of halogens is 2. The molecule has 0 saturated carbocycles. The first kappa shape index (κ1) is 17.8. The maximum atomic E-state index is 12.4. The van der Waals surface area contributed by atoms with Crippen molar-refractivity contribution in [2.45, 2.75) is 19.4 Å². The first-order valence-electron chi connectivity index (χ1n) is 6.34. The molecule has 21 heavy (non-hydrogen) atoms. The molecule has 116 valence electrons. The minimum atomic E-state index is -0.714. The summed E-state index contributed by atoms with van der Waals surface area (Å²) in [5, 5.41) is 10.1. The average Bonchev–Trinajstić information content (AvgIpc) is 2.44. The number of amides is 1. The number of hydrogen-bond acceptors (Lipinski definition) is 4. The van der Waals surface area contributed by atoms with Crippen LogP contribution in [0.1, 0.15) is 23.7 Å². The van der Waals surface area contributed by atoms with Gasteiger partial charge in [-0.1, -0.05) is 23.2 Å². The highest BCUT2D eigenvalue weighted by atomic mass is 35.5. The normalized spacial score (nSPS) is 11.9. The molecule has 0 aliphatic heterocycles. The van der Waals surface area contributed by atoms with Crippen LogP contribution in [0.15, 0.2) is 18.2 Å². The Morgan fingerprint density at radius 2 is 2.00 bits per heavy atom. The Labute approximate surface area is 133 Å². The van der Waals surface area contributed by atoms with Gasteiger partial charge in [-0.25, -0.2) is 0 Å². The van der Waals surface area contributed by atoms with Gasteiger partial charge in [0.2, 0.25) is 0 Å². The highest BCUT2D eigenvalue weighted by Gasteiger charge is 2.19. The molecule has 1 N–H and O–H groups in total. The lowest BCUT2D eigenvalue weighted by Crippen LogP contribution is -2.38. The molecule has 0 fully saturated rings. The number of esters is 1. The van der Waals surface area contributed by atoms with E-state index >= 15 is 0 Å². The molecule has 0 aliphatic rings. The summed E-state index contributed by atoms with van der Waals surface area (Å²) in [6, 6.07) is 4.53. The number of benzene rings is 1. The molecule has 1 amide bonds.